The molecule has 19 heavy (non-hydrogen) atoms. The van der Waals surface area contributed by atoms with Crippen LogP contribution in [-0.4, -0.2) is 24.8 Å². The Labute approximate surface area is 113 Å². The number of hydrogen-bond acceptors (Lipinski definition) is 3. The van der Waals surface area contributed by atoms with Gasteiger partial charge in [-0.2, -0.15) is 4.31 Å². The Morgan fingerprint density at radius 1 is 1.42 bits per heavy atom. The third kappa shape index (κ3) is 3.33. The van der Waals surface area contributed by atoms with Crippen LogP contribution in [0.1, 0.15) is 20.8 Å². The molecule has 1 aromatic rings. The van der Waals surface area contributed by atoms with Crippen molar-refractivity contribution in [3.63, 3.8) is 0 Å². The molecule has 0 unspecified atom stereocenters. The highest BCUT2D eigenvalue weighted by Crippen LogP contribution is 2.25. The number of hydrogen-bond donors (Lipinski definition) is 1. The van der Waals surface area contributed by atoms with E-state index in [2.05, 4.69) is 6.58 Å². The van der Waals surface area contributed by atoms with Crippen molar-refractivity contribution in [2.24, 2.45) is 0 Å². The van der Waals surface area contributed by atoms with Crippen molar-refractivity contribution in [2.45, 2.75) is 31.2 Å². The van der Waals surface area contributed by atoms with Crippen LogP contribution >= 0.6 is 0 Å². The fraction of sp³-hybridized carbons (Fsp3) is 0.385. The predicted molar refractivity (Wildman–Crippen MR) is 74.7 cm³/mol. The lowest BCUT2D eigenvalue weighted by Gasteiger charge is -2.33. The van der Waals surface area contributed by atoms with Crippen LogP contribution in [-0.2, 0) is 10.0 Å². The monoisotopic (exact) mass is 286 g/mol. The van der Waals surface area contributed by atoms with E-state index < -0.39 is 21.4 Å². The highest BCUT2D eigenvalue weighted by atomic mass is 32.2. The molecular weight excluding hydrogens is 267 g/mol. The zero-order valence-corrected chi connectivity index (χ0v) is 12.2. The largest absolute Gasteiger partial charge is 0.396 e. The van der Waals surface area contributed by atoms with E-state index in [1.54, 1.807) is 20.8 Å². The molecule has 106 valence electrons. The lowest BCUT2D eigenvalue weighted by molar-refractivity contribution is 0.270. The molecule has 0 amide bonds. The van der Waals surface area contributed by atoms with Crippen LogP contribution in [0.2, 0.25) is 0 Å². The van der Waals surface area contributed by atoms with Crippen molar-refractivity contribution in [3.8, 4) is 0 Å². The molecule has 0 aliphatic carbocycles. The third-order valence-electron chi connectivity index (χ3n) is 2.60. The zero-order valence-electron chi connectivity index (χ0n) is 11.4. The van der Waals surface area contributed by atoms with Crippen LogP contribution < -0.4 is 5.73 Å². The minimum Gasteiger partial charge on any atom is -0.396 e. The van der Waals surface area contributed by atoms with Crippen LogP contribution in [0, 0.1) is 5.82 Å². The summed E-state index contributed by atoms with van der Waals surface area (Å²) in [5, 5.41) is 0. The van der Waals surface area contributed by atoms with E-state index in [0.717, 1.165) is 6.07 Å². The molecule has 0 bridgehead atoms. The molecular formula is C13H19FN2O2S. The van der Waals surface area contributed by atoms with E-state index in [0.29, 0.717) is 0 Å². The molecule has 6 heteroatoms. The van der Waals surface area contributed by atoms with Crippen LogP contribution in [0.3, 0.4) is 0 Å². The number of halogens is 1. The minimum absolute atomic E-state index is 0.0787. The Kier molecular flexibility index (Phi) is 4.37. The van der Waals surface area contributed by atoms with Crippen molar-refractivity contribution in [1.29, 1.82) is 0 Å². The summed E-state index contributed by atoms with van der Waals surface area (Å²) < 4.78 is 39.7. The van der Waals surface area contributed by atoms with Gasteiger partial charge < -0.3 is 5.73 Å². The first-order chi connectivity index (χ1) is 8.60. The van der Waals surface area contributed by atoms with Gasteiger partial charge in [0, 0.05) is 12.1 Å². The topological polar surface area (TPSA) is 63.4 Å². The third-order valence-corrected chi connectivity index (χ3v) is 4.73. The predicted octanol–water partition coefficient (Wildman–Crippen LogP) is 2.38. The highest BCUT2D eigenvalue weighted by Gasteiger charge is 2.33. The van der Waals surface area contributed by atoms with Gasteiger partial charge in [0.2, 0.25) is 10.0 Å². The number of anilines is 1. The van der Waals surface area contributed by atoms with E-state index >= 15 is 0 Å². The van der Waals surface area contributed by atoms with E-state index in [-0.39, 0.29) is 17.1 Å². The average molecular weight is 286 g/mol. The van der Waals surface area contributed by atoms with Gasteiger partial charge in [0.1, 0.15) is 5.82 Å². The fourth-order valence-electron chi connectivity index (χ4n) is 1.65. The number of benzene rings is 1. The van der Waals surface area contributed by atoms with Crippen molar-refractivity contribution < 1.29 is 12.8 Å². The Bertz CT molecular complexity index is 577. The van der Waals surface area contributed by atoms with Gasteiger partial charge in [-0.25, -0.2) is 12.8 Å². The lowest BCUT2D eigenvalue weighted by Crippen LogP contribution is -2.45. The van der Waals surface area contributed by atoms with E-state index in [1.165, 1.54) is 22.5 Å². The molecule has 0 radical (unpaired) electrons. The normalized spacial score (nSPS) is 12.7. The van der Waals surface area contributed by atoms with Crippen LogP contribution in [0.5, 0.6) is 0 Å². The molecule has 4 nitrogen and oxygen atoms in total. The number of nitrogen functional groups attached to an aromatic ring is 1. The quantitative estimate of drug-likeness (QED) is 0.683. The molecule has 1 rings (SSSR count). The van der Waals surface area contributed by atoms with Crippen molar-refractivity contribution in [2.75, 3.05) is 12.3 Å². The second kappa shape index (κ2) is 5.30. The summed E-state index contributed by atoms with van der Waals surface area (Å²) in [5.41, 5.74) is 4.64. The Morgan fingerprint density at radius 3 is 2.42 bits per heavy atom. The molecule has 0 aliphatic heterocycles. The molecule has 0 aromatic heterocycles. The number of nitrogens with zero attached hydrogens (tertiary/aromatic N) is 1. The molecule has 2 N–H and O–H groups in total. The molecule has 0 heterocycles. The summed E-state index contributed by atoms with van der Waals surface area (Å²) >= 11 is 0. The molecule has 0 saturated heterocycles. The van der Waals surface area contributed by atoms with Crippen molar-refractivity contribution in [1.82, 2.24) is 4.31 Å². The van der Waals surface area contributed by atoms with Crippen LogP contribution in [0.15, 0.2) is 35.7 Å². The Balaban J connectivity index is 3.34. The van der Waals surface area contributed by atoms with E-state index in [4.69, 9.17) is 5.73 Å². The van der Waals surface area contributed by atoms with Crippen LogP contribution in [0.25, 0.3) is 0 Å². The van der Waals surface area contributed by atoms with Crippen molar-refractivity contribution in [3.05, 3.63) is 36.7 Å². The second-order valence-corrected chi connectivity index (χ2v) is 7.04. The first kappa shape index (κ1) is 15.7. The van der Waals surface area contributed by atoms with Crippen molar-refractivity contribution >= 4 is 15.7 Å². The van der Waals surface area contributed by atoms with Gasteiger partial charge in [-0.3, -0.25) is 0 Å². The smallest absolute Gasteiger partial charge is 0.243 e. The summed E-state index contributed by atoms with van der Waals surface area (Å²) in [5.74, 6) is -0.742. The fourth-order valence-corrected chi connectivity index (χ4v) is 3.41. The zero-order chi connectivity index (χ0) is 14.8. The standard InChI is InChI=1S/C13H19FN2O2S/c1-5-8-16(13(2,3)4)19(17,18)10-6-7-12(15)11(14)9-10/h5-7,9H,1,8,15H2,2-4H3. The first-order valence-corrected chi connectivity index (χ1v) is 7.23. The number of nitrogens with two attached hydrogens (primary N) is 1. The second-order valence-electron chi connectivity index (χ2n) is 5.18. The lowest BCUT2D eigenvalue weighted by atomic mass is 10.1. The van der Waals surface area contributed by atoms with Crippen LogP contribution in [0.4, 0.5) is 10.1 Å². The maximum absolute atomic E-state index is 13.4. The van der Waals surface area contributed by atoms with Gasteiger partial charge in [-0.05, 0) is 39.0 Å². The number of rotatable bonds is 4. The molecule has 0 atom stereocenters. The molecule has 0 saturated carbocycles. The maximum atomic E-state index is 13.4. The highest BCUT2D eigenvalue weighted by molar-refractivity contribution is 7.89. The van der Waals surface area contributed by atoms with E-state index in [9.17, 15) is 12.8 Å². The van der Waals surface area contributed by atoms with Gasteiger partial charge in [0.15, 0.2) is 0 Å². The summed E-state index contributed by atoms with van der Waals surface area (Å²) in [7, 11) is -3.79. The minimum atomic E-state index is -3.79. The molecule has 0 fully saturated rings. The van der Waals surface area contributed by atoms with Gasteiger partial charge in [-0.15, -0.1) is 6.58 Å². The Morgan fingerprint density at radius 2 is 2.00 bits per heavy atom. The van der Waals surface area contributed by atoms with E-state index in [1.807, 2.05) is 0 Å². The van der Waals surface area contributed by atoms with Gasteiger partial charge in [-0.1, -0.05) is 6.08 Å². The summed E-state index contributed by atoms with van der Waals surface area (Å²) in [4.78, 5) is -0.115. The van der Waals surface area contributed by atoms with Gasteiger partial charge in [0.05, 0.1) is 10.6 Å². The summed E-state index contributed by atoms with van der Waals surface area (Å²) in [6, 6.07) is 3.49. The average Bonchev–Trinajstić information content (AvgIpc) is 2.27. The molecule has 1 aromatic carbocycles. The molecule has 0 aliphatic rings. The van der Waals surface area contributed by atoms with Gasteiger partial charge >= 0.3 is 0 Å². The number of sulfonamides is 1. The SMILES string of the molecule is C=CCN(C(C)(C)C)S(=O)(=O)c1ccc(N)c(F)c1. The van der Waals surface area contributed by atoms with Gasteiger partial charge in [0.25, 0.3) is 0 Å². The Hall–Kier alpha value is -1.40. The molecule has 0 spiro atoms. The maximum Gasteiger partial charge on any atom is 0.243 e. The first-order valence-electron chi connectivity index (χ1n) is 5.79. The summed E-state index contributed by atoms with van der Waals surface area (Å²) in [6.45, 7) is 9.00. The summed E-state index contributed by atoms with van der Waals surface area (Å²) in [6.07, 6.45) is 1.50.